The van der Waals surface area contributed by atoms with Gasteiger partial charge in [-0.2, -0.15) is 10.2 Å². The molecule has 0 unspecified atom stereocenters. The summed E-state index contributed by atoms with van der Waals surface area (Å²) in [7, 11) is 1.94. The molecule has 4 nitrogen and oxygen atoms in total. The van der Waals surface area contributed by atoms with Crippen molar-refractivity contribution in [2.45, 2.75) is 13.0 Å². The van der Waals surface area contributed by atoms with Crippen LogP contribution in [0.5, 0.6) is 0 Å². The van der Waals surface area contributed by atoms with Gasteiger partial charge in [0.1, 0.15) is 0 Å². The highest BCUT2D eigenvalue weighted by Crippen LogP contribution is 2.17. The molecule has 3 rings (SSSR count). The maximum atomic E-state index is 4.44. The van der Waals surface area contributed by atoms with Gasteiger partial charge in [-0.15, -0.1) is 0 Å². The maximum absolute atomic E-state index is 4.44. The van der Waals surface area contributed by atoms with Crippen molar-refractivity contribution in [1.82, 2.24) is 19.6 Å². The molecule has 92 valence electrons. The molecule has 5 heteroatoms. The van der Waals surface area contributed by atoms with Crippen molar-refractivity contribution in [3.63, 3.8) is 0 Å². The van der Waals surface area contributed by atoms with Crippen LogP contribution in [-0.2, 0) is 20.0 Å². The van der Waals surface area contributed by atoms with Gasteiger partial charge in [0.05, 0.1) is 17.9 Å². The molecule has 1 aromatic carbocycles. The van der Waals surface area contributed by atoms with Crippen molar-refractivity contribution < 1.29 is 0 Å². The molecule has 0 saturated carbocycles. The molecule has 2 aromatic heterocycles. The van der Waals surface area contributed by atoms with Crippen LogP contribution in [0.15, 0.2) is 36.8 Å². The Morgan fingerprint density at radius 1 is 1.22 bits per heavy atom. The molecule has 18 heavy (non-hydrogen) atoms. The van der Waals surface area contributed by atoms with Crippen LogP contribution in [0.2, 0.25) is 0 Å². The molecule has 0 amide bonds. The summed E-state index contributed by atoms with van der Waals surface area (Å²) in [5.41, 5.74) is 2.44. The summed E-state index contributed by atoms with van der Waals surface area (Å²) in [6.07, 6.45) is 6.84. The number of rotatable bonds is 3. The molecule has 0 fully saturated rings. The first-order valence-electron chi connectivity index (χ1n) is 5.81. The Kier molecular flexibility index (Phi) is 3.07. The standard InChI is InChI=1S/C13H13IN4/c1-17-9-10(7-15-17)4-5-18-13-6-12(14)3-2-11(13)8-16-18/h2-3,6-9H,4-5H2,1H3. The molecule has 0 spiro atoms. The van der Waals surface area contributed by atoms with Crippen molar-refractivity contribution in [2.75, 3.05) is 0 Å². The van der Waals surface area contributed by atoms with Gasteiger partial charge < -0.3 is 0 Å². The monoisotopic (exact) mass is 352 g/mol. The van der Waals surface area contributed by atoms with Gasteiger partial charge in [0.2, 0.25) is 0 Å². The van der Waals surface area contributed by atoms with Crippen LogP contribution >= 0.6 is 22.6 Å². The smallest absolute Gasteiger partial charge is 0.0693 e. The zero-order valence-electron chi connectivity index (χ0n) is 10.0. The molecular formula is C13H13IN4. The van der Waals surface area contributed by atoms with Gasteiger partial charge in [-0.3, -0.25) is 9.36 Å². The quantitative estimate of drug-likeness (QED) is 0.680. The lowest BCUT2D eigenvalue weighted by Crippen LogP contribution is -2.02. The third kappa shape index (κ3) is 2.27. The molecule has 0 atom stereocenters. The third-order valence-corrected chi connectivity index (χ3v) is 3.65. The van der Waals surface area contributed by atoms with Crippen LogP contribution in [0.4, 0.5) is 0 Å². The first kappa shape index (κ1) is 11.7. The van der Waals surface area contributed by atoms with Crippen LogP contribution < -0.4 is 0 Å². The fraction of sp³-hybridized carbons (Fsp3) is 0.231. The molecule has 0 N–H and O–H groups in total. The Labute approximate surface area is 119 Å². The summed E-state index contributed by atoms with van der Waals surface area (Å²) < 4.78 is 5.13. The van der Waals surface area contributed by atoms with Gasteiger partial charge in [-0.1, -0.05) is 6.07 Å². The van der Waals surface area contributed by atoms with Crippen molar-refractivity contribution in [3.05, 3.63) is 45.9 Å². The lowest BCUT2D eigenvalue weighted by Gasteiger charge is -2.02. The average molecular weight is 352 g/mol. The Balaban J connectivity index is 1.84. The molecule has 2 heterocycles. The van der Waals surface area contributed by atoms with Crippen LogP contribution in [0.1, 0.15) is 5.56 Å². The van der Waals surface area contributed by atoms with Crippen molar-refractivity contribution >= 4 is 33.5 Å². The lowest BCUT2D eigenvalue weighted by atomic mass is 10.2. The zero-order chi connectivity index (χ0) is 12.5. The first-order chi connectivity index (χ1) is 8.72. The first-order valence-corrected chi connectivity index (χ1v) is 6.89. The fourth-order valence-electron chi connectivity index (χ4n) is 2.06. The summed E-state index contributed by atoms with van der Waals surface area (Å²) in [5, 5.41) is 9.82. The molecule has 0 aliphatic heterocycles. The van der Waals surface area contributed by atoms with E-state index in [0.717, 1.165) is 13.0 Å². The Morgan fingerprint density at radius 3 is 2.89 bits per heavy atom. The van der Waals surface area contributed by atoms with Crippen LogP contribution in [0, 0.1) is 3.57 Å². The average Bonchev–Trinajstić information content (AvgIpc) is 2.93. The van der Waals surface area contributed by atoms with Gasteiger partial charge in [-0.05, 0) is 46.7 Å². The Morgan fingerprint density at radius 2 is 2.11 bits per heavy atom. The van der Waals surface area contributed by atoms with E-state index in [1.165, 1.54) is 20.0 Å². The second kappa shape index (κ2) is 4.72. The fourth-order valence-corrected chi connectivity index (χ4v) is 2.53. The molecule has 0 aliphatic carbocycles. The summed E-state index contributed by atoms with van der Waals surface area (Å²) in [4.78, 5) is 0. The topological polar surface area (TPSA) is 35.6 Å². The predicted molar refractivity (Wildman–Crippen MR) is 79.4 cm³/mol. The number of hydrogen-bond donors (Lipinski definition) is 0. The SMILES string of the molecule is Cn1cc(CCn2ncc3ccc(I)cc32)cn1. The van der Waals surface area contributed by atoms with E-state index in [9.17, 15) is 0 Å². The van der Waals surface area contributed by atoms with E-state index in [4.69, 9.17) is 0 Å². The van der Waals surface area contributed by atoms with Crippen molar-refractivity contribution in [1.29, 1.82) is 0 Å². The minimum absolute atomic E-state index is 0.884. The molecule has 0 radical (unpaired) electrons. The van der Waals surface area contributed by atoms with Crippen LogP contribution in [0.3, 0.4) is 0 Å². The highest BCUT2D eigenvalue weighted by Gasteiger charge is 2.04. The number of hydrogen-bond acceptors (Lipinski definition) is 2. The Bertz CT molecular complexity index is 683. The van der Waals surface area contributed by atoms with E-state index in [2.05, 4.69) is 61.9 Å². The number of benzene rings is 1. The van der Waals surface area contributed by atoms with E-state index >= 15 is 0 Å². The number of fused-ring (bicyclic) bond motifs is 1. The number of halogens is 1. The number of aryl methyl sites for hydroxylation is 3. The van der Waals surface area contributed by atoms with E-state index in [0.29, 0.717) is 0 Å². The highest BCUT2D eigenvalue weighted by atomic mass is 127. The predicted octanol–water partition coefficient (Wildman–Crippen LogP) is 2.62. The second-order valence-electron chi connectivity index (χ2n) is 4.34. The molecule has 0 bridgehead atoms. The summed E-state index contributed by atoms with van der Waals surface area (Å²) in [6.45, 7) is 0.884. The highest BCUT2D eigenvalue weighted by molar-refractivity contribution is 14.1. The largest absolute Gasteiger partial charge is 0.276 e. The van der Waals surface area contributed by atoms with Gasteiger partial charge in [0.15, 0.2) is 0 Å². The van der Waals surface area contributed by atoms with Crippen LogP contribution in [-0.4, -0.2) is 19.6 Å². The van der Waals surface area contributed by atoms with E-state index in [1.54, 1.807) is 0 Å². The number of nitrogens with zero attached hydrogens (tertiary/aromatic N) is 4. The van der Waals surface area contributed by atoms with Gasteiger partial charge in [0.25, 0.3) is 0 Å². The van der Waals surface area contributed by atoms with Crippen molar-refractivity contribution in [2.24, 2.45) is 7.05 Å². The molecule has 0 aliphatic rings. The number of aromatic nitrogens is 4. The second-order valence-corrected chi connectivity index (χ2v) is 5.59. The minimum Gasteiger partial charge on any atom is -0.276 e. The Hall–Kier alpha value is -1.37. The summed E-state index contributed by atoms with van der Waals surface area (Å²) >= 11 is 2.33. The minimum atomic E-state index is 0.884. The van der Waals surface area contributed by atoms with Crippen molar-refractivity contribution in [3.8, 4) is 0 Å². The normalized spacial score (nSPS) is 11.2. The van der Waals surface area contributed by atoms with E-state index in [-0.39, 0.29) is 0 Å². The van der Waals surface area contributed by atoms with Gasteiger partial charge >= 0.3 is 0 Å². The van der Waals surface area contributed by atoms with Gasteiger partial charge in [0, 0.05) is 28.7 Å². The van der Waals surface area contributed by atoms with E-state index < -0.39 is 0 Å². The zero-order valence-corrected chi connectivity index (χ0v) is 12.2. The summed E-state index contributed by atoms with van der Waals surface area (Å²) in [5.74, 6) is 0. The van der Waals surface area contributed by atoms with Gasteiger partial charge in [-0.25, -0.2) is 0 Å². The maximum Gasteiger partial charge on any atom is 0.0693 e. The molecule has 0 saturated heterocycles. The lowest BCUT2D eigenvalue weighted by molar-refractivity contribution is 0.635. The van der Waals surface area contributed by atoms with E-state index in [1.807, 2.05) is 24.1 Å². The summed E-state index contributed by atoms with van der Waals surface area (Å²) in [6, 6.07) is 6.40. The molecule has 3 aromatic rings. The third-order valence-electron chi connectivity index (χ3n) is 2.98. The molecular weight excluding hydrogens is 339 g/mol. The van der Waals surface area contributed by atoms with Crippen LogP contribution in [0.25, 0.3) is 10.9 Å².